The molecule has 0 radical (unpaired) electrons. The van der Waals surface area contributed by atoms with Crippen molar-refractivity contribution in [1.82, 2.24) is 10.2 Å². The quantitative estimate of drug-likeness (QED) is 0.838. The van der Waals surface area contributed by atoms with Crippen molar-refractivity contribution in [1.29, 1.82) is 0 Å². The standard InChI is InChI=1S/C18H26N2O4/c1-3-14(12-24-2)19-18(23)20-10-8-13(9-11-20)15-6-4-5-7-16(15)17(21)22/h4-7,13-14H,3,8-12H2,1-2H3,(H,19,23)(H,21,22). The highest BCUT2D eigenvalue weighted by Gasteiger charge is 2.27. The summed E-state index contributed by atoms with van der Waals surface area (Å²) in [5.74, 6) is -0.710. The molecule has 1 unspecified atom stereocenters. The van der Waals surface area contributed by atoms with Gasteiger partial charge >= 0.3 is 12.0 Å². The predicted octanol–water partition coefficient (Wildman–Crippen LogP) is 2.70. The molecule has 0 aliphatic carbocycles. The highest BCUT2D eigenvalue weighted by atomic mass is 16.5. The Morgan fingerprint density at radius 1 is 1.33 bits per heavy atom. The molecule has 0 saturated carbocycles. The van der Waals surface area contributed by atoms with Gasteiger partial charge in [0.15, 0.2) is 0 Å². The second-order valence-electron chi connectivity index (χ2n) is 6.16. The fourth-order valence-electron chi connectivity index (χ4n) is 3.17. The highest BCUT2D eigenvalue weighted by Crippen LogP contribution is 2.30. The first kappa shape index (κ1) is 18.3. The van der Waals surface area contributed by atoms with Gasteiger partial charge in [0.25, 0.3) is 0 Å². The normalized spacial score (nSPS) is 16.7. The van der Waals surface area contributed by atoms with Gasteiger partial charge in [0.2, 0.25) is 0 Å². The van der Waals surface area contributed by atoms with E-state index < -0.39 is 5.97 Å². The van der Waals surface area contributed by atoms with Gasteiger partial charge in [-0.2, -0.15) is 0 Å². The Morgan fingerprint density at radius 2 is 2.00 bits per heavy atom. The van der Waals surface area contributed by atoms with Gasteiger partial charge in [-0.3, -0.25) is 0 Å². The van der Waals surface area contributed by atoms with Crippen LogP contribution in [0.1, 0.15) is 48.0 Å². The molecule has 2 N–H and O–H groups in total. The largest absolute Gasteiger partial charge is 0.478 e. The SMILES string of the molecule is CCC(COC)NC(=O)N1CCC(c2ccccc2C(=O)O)CC1. The monoisotopic (exact) mass is 334 g/mol. The molecule has 0 spiro atoms. The van der Waals surface area contributed by atoms with Gasteiger partial charge in [-0.05, 0) is 36.8 Å². The number of hydrogen-bond donors (Lipinski definition) is 2. The van der Waals surface area contributed by atoms with Crippen LogP contribution in [0.4, 0.5) is 4.79 Å². The van der Waals surface area contributed by atoms with Crippen LogP contribution in [-0.2, 0) is 4.74 Å². The number of aromatic carboxylic acids is 1. The van der Waals surface area contributed by atoms with Gasteiger partial charge < -0.3 is 20.1 Å². The van der Waals surface area contributed by atoms with E-state index in [1.165, 1.54) is 0 Å². The second-order valence-corrected chi connectivity index (χ2v) is 6.16. The molecule has 132 valence electrons. The van der Waals surface area contributed by atoms with Crippen molar-refractivity contribution in [3.8, 4) is 0 Å². The van der Waals surface area contributed by atoms with Crippen LogP contribution < -0.4 is 5.32 Å². The van der Waals surface area contributed by atoms with E-state index in [-0.39, 0.29) is 18.0 Å². The maximum atomic E-state index is 12.3. The lowest BCUT2D eigenvalue weighted by atomic mass is 9.86. The van der Waals surface area contributed by atoms with Crippen molar-refractivity contribution in [2.45, 2.75) is 38.1 Å². The van der Waals surface area contributed by atoms with Crippen molar-refractivity contribution < 1.29 is 19.4 Å². The lowest BCUT2D eigenvalue weighted by Crippen LogP contribution is -2.48. The number of ether oxygens (including phenoxy) is 1. The van der Waals surface area contributed by atoms with E-state index in [9.17, 15) is 14.7 Å². The number of carbonyl (C=O) groups excluding carboxylic acids is 1. The van der Waals surface area contributed by atoms with Crippen LogP contribution in [0.5, 0.6) is 0 Å². The van der Waals surface area contributed by atoms with E-state index in [4.69, 9.17) is 4.74 Å². The molecule has 1 atom stereocenters. The van der Waals surface area contributed by atoms with Crippen molar-refractivity contribution >= 4 is 12.0 Å². The van der Waals surface area contributed by atoms with Gasteiger partial charge in [-0.15, -0.1) is 0 Å². The Bertz CT molecular complexity index is 568. The Labute approximate surface area is 142 Å². The summed E-state index contributed by atoms with van der Waals surface area (Å²) in [7, 11) is 1.63. The summed E-state index contributed by atoms with van der Waals surface area (Å²) in [6, 6.07) is 7.10. The number of amides is 2. The number of nitrogens with zero attached hydrogens (tertiary/aromatic N) is 1. The van der Waals surface area contributed by atoms with Crippen LogP contribution in [-0.4, -0.2) is 54.9 Å². The topological polar surface area (TPSA) is 78.9 Å². The van der Waals surface area contributed by atoms with E-state index in [1.54, 1.807) is 24.1 Å². The molecule has 6 nitrogen and oxygen atoms in total. The Balaban J connectivity index is 1.94. The molecule has 2 rings (SSSR count). The minimum absolute atomic E-state index is 0.0213. The van der Waals surface area contributed by atoms with Gasteiger partial charge in [0.05, 0.1) is 18.2 Å². The highest BCUT2D eigenvalue weighted by molar-refractivity contribution is 5.89. The zero-order valence-electron chi connectivity index (χ0n) is 14.3. The van der Waals surface area contributed by atoms with Gasteiger partial charge in [0, 0.05) is 20.2 Å². The number of urea groups is 1. The van der Waals surface area contributed by atoms with Crippen molar-refractivity contribution in [3.63, 3.8) is 0 Å². The molecule has 1 saturated heterocycles. The lowest BCUT2D eigenvalue weighted by Gasteiger charge is -2.33. The maximum absolute atomic E-state index is 12.3. The summed E-state index contributed by atoms with van der Waals surface area (Å²) in [5.41, 5.74) is 1.24. The van der Waals surface area contributed by atoms with Crippen molar-refractivity contribution in [2.24, 2.45) is 0 Å². The molecule has 24 heavy (non-hydrogen) atoms. The van der Waals surface area contributed by atoms with Gasteiger partial charge in [-0.25, -0.2) is 9.59 Å². The number of carboxylic acids is 1. The number of carboxylic acid groups (broad SMARTS) is 1. The molecule has 1 aromatic carbocycles. The molecular weight excluding hydrogens is 308 g/mol. The van der Waals surface area contributed by atoms with Crippen LogP contribution >= 0.6 is 0 Å². The molecule has 6 heteroatoms. The van der Waals surface area contributed by atoms with E-state index >= 15 is 0 Å². The average molecular weight is 334 g/mol. The molecule has 1 aliphatic rings. The minimum Gasteiger partial charge on any atom is -0.478 e. The number of likely N-dealkylation sites (tertiary alicyclic amines) is 1. The van der Waals surface area contributed by atoms with Crippen LogP contribution in [0.15, 0.2) is 24.3 Å². The summed E-state index contributed by atoms with van der Waals surface area (Å²) >= 11 is 0. The maximum Gasteiger partial charge on any atom is 0.335 e. The zero-order chi connectivity index (χ0) is 17.5. The molecule has 0 aromatic heterocycles. The van der Waals surface area contributed by atoms with E-state index in [0.29, 0.717) is 25.3 Å². The van der Waals surface area contributed by atoms with Crippen LogP contribution in [0.2, 0.25) is 0 Å². The number of carbonyl (C=O) groups is 2. The summed E-state index contributed by atoms with van der Waals surface area (Å²) < 4.78 is 5.10. The van der Waals surface area contributed by atoms with Crippen LogP contribution in [0.25, 0.3) is 0 Å². The third-order valence-corrected chi connectivity index (χ3v) is 4.60. The number of nitrogens with one attached hydrogen (secondary N) is 1. The second kappa shape index (κ2) is 8.68. The summed E-state index contributed by atoms with van der Waals surface area (Å²) in [6.07, 6.45) is 2.37. The Kier molecular flexibility index (Phi) is 6.61. The Morgan fingerprint density at radius 3 is 2.58 bits per heavy atom. The van der Waals surface area contributed by atoms with Gasteiger partial charge in [0.1, 0.15) is 0 Å². The molecule has 1 fully saturated rings. The molecule has 0 bridgehead atoms. The molecule has 1 aliphatic heterocycles. The van der Waals surface area contributed by atoms with E-state index in [1.807, 2.05) is 19.1 Å². The predicted molar refractivity (Wildman–Crippen MR) is 91.4 cm³/mol. The minimum atomic E-state index is -0.892. The van der Waals surface area contributed by atoms with Crippen molar-refractivity contribution in [2.75, 3.05) is 26.8 Å². The fraction of sp³-hybridized carbons (Fsp3) is 0.556. The Hall–Kier alpha value is -2.08. The van der Waals surface area contributed by atoms with Crippen LogP contribution in [0.3, 0.4) is 0 Å². The molecule has 1 heterocycles. The first-order chi connectivity index (χ1) is 11.6. The third-order valence-electron chi connectivity index (χ3n) is 4.60. The number of methoxy groups -OCH3 is 1. The first-order valence-electron chi connectivity index (χ1n) is 8.43. The molecule has 1 aromatic rings. The average Bonchev–Trinajstić information content (AvgIpc) is 2.61. The van der Waals surface area contributed by atoms with Crippen LogP contribution in [0, 0.1) is 0 Å². The smallest absolute Gasteiger partial charge is 0.335 e. The molecule has 2 amide bonds. The number of rotatable bonds is 6. The third kappa shape index (κ3) is 4.47. The van der Waals surface area contributed by atoms with Gasteiger partial charge in [-0.1, -0.05) is 25.1 Å². The summed E-state index contributed by atoms with van der Waals surface area (Å²) in [4.78, 5) is 25.5. The first-order valence-corrected chi connectivity index (χ1v) is 8.43. The number of piperidine rings is 1. The molecular formula is C18H26N2O4. The summed E-state index contributed by atoms with van der Waals surface area (Å²) in [5, 5.41) is 12.3. The van der Waals surface area contributed by atoms with E-state index in [0.717, 1.165) is 24.8 Å². The van der Waals surface area contributed by atoms with Crippen molar-refractivity contribution in [3.05, 3.63) is 35.4 Å². The summed E-state index contributed by atoms with van der Waals surface area (Å²) in [6.45, 7) is 3.78. The lowest BCUT2D eigenvalue weighted by molar-refractivity contribution is 0.0694. The fourth-order valence-corrected chi connectivity index (χ4v) is 3.17. The van der Waals surface area contributed by atoms with E-state index in [2.05, 4.69) is 5.32 Å². The number of benzene rings is 1. The zero-order valence-corrected chi connectivity index (χ0v) is 14.3. The number of hydrogen-bond acceptors (Lipinski definition) is 3.